The molecule has 2 atom stereocenters. The van der Waals surface area contributed by atoms with Gasteiger partial charge >= 0.3 is 6.03 Å². The van der Waals surface area contributed by atoms with Gasteiger partial charge in [-0.25, -0.2) is 21.6 Å². The van der Waals surface area contributed by atoms with Crippen molar-refractivity contribution in [1.29, 1.82) is 0 Å². The number of amides is 2. The van der Waals surface area contributed by atoms with E-state index < -0.39 is 37.7 Å². The number of nitrogens with zero attached hydrogens (tertiary/aromatic N) is 2. The fraction of sp³-hybridized carbons (Fsp3) is 0.417. The number of piperidine rings is 1. The summed E-state index contributed by atoms with van der Waals surface area (Å²) in [6, 6.07) is 6.08. The summed E-state index contributed by atoms with van der Waals surface area (Å²) in [5, 5.41) is -0.653. The van der Waals surface area contributed by atoms with E-state index in [2.05, 4.69) is 4.28 Å². The minimum atomic E-state index is -5.11. The first kappa shape index (κ1) is 16.2. The first-order chi connectivity index (χ1) is 10.7. The first-order valence-corrected chi connectivity index (χ1v) is 9.62. The van der Waals surface area contributed by atoms with Crippen LogP contribution in [0.1, 0.15) is 12.8 Å². The van der Waals surface area contributed by atoms with Gasteiger partial charge in [-0.15, -0.1) is 0 Å². The van der Waals surface area contributed by atoms with Gasteiger partial charge in [0.25, 0.3) is 0 Å². The van der Waals surface area contributed by atoms with Gasteiger partial charge < -0.3 is 9.45 Å². The van der Waals surface area contributed by atoms with Gasteiger partial charge in [-0.2, -0.15) is 9.35 Å². The molecular formula is C12H13N2O7S2-. The van der Waals surface area contributed by atoms with E-state index in [1.54, 1.807) is 18.2 Å². The number of hydrogen-bond donors (Lipinski definition) is 0. The van der Waals surface area contributed by atoms with Crippen molar-refractivity contribution < 1.29 is 30.5 Å². The Morgan fingerprint density at radius 3 is 2.35 bits per heavy atom. The Morgan fingerprint density at radius 2 is 1.74 bits per heavy atom. The van der Waals surface area contributed by atoms with Gasteiger partial charge in [0.05, 0.1) is 10.9 Å². The highest BCUT2D eigenvalue weighted by Crippen LogP contribution is 2.35. The predicted octanol–water partition coefficient (Wildman–Crippen LogP) is 0.0782. The predicted molar refractivity (Wildman–Crippen MR) is 75.2 cm³/mol. The standard InChI is InChI=1S/C12H14N2O7S2/c15-12-13-8-9(14(12)21-23(18,19)20)6-7-11(13)22(16,17)10-4-2-1-3-5-10/h1-5,9,11H,6-8H2,(H,18,19,20)/p-1/t9-,11-/m1/s1. The van der Waals surface area contributed by atoms with Crippen LogP contribution in [0.4, 0.5) is 4.79 Å². The summed E-state index contributed by atoms with van der Waals surface area (Å²) in [4.78, 5) is 13.3. The van der Waals surface area contributed by atoms with Gasteiger partial charge in [0.2, 0.25) is 10.4 Å². The topological polar surface area (TPSA) is 124 Å². The number of benzene rings is 1. The largest absolute Gasteiger partial charge is 0.724 e. The highest BCUT2D eigenvalue weighted by atomic mass is 32.3. The van der Waals surface area contributed by atoms with Gasteiger partial charge in [-0.05, 0) is 25.0 Å². The number of hydrogen-bond acceptors (Lipinski definition) is 7. The lowest BCUT2D eigenvalue weighted by Crippen LogP contribution is -2.44. The van der Waals surface area contributed by atoms with Crippen LogP contribution in [-0.4, -0.2) is 55.3 Å². The molecule has 0 aromatic heterocycles. The number of fused-ring (bicyclic) bond motifs is 2. The molecule has 0 unspecified atom stereocenters. The normalized spacial score (nSPS) is 25.0. The van der Waals surface area contributed by atoms with Crippen molar-refractivity contribution in [2.45, 2.75) is 29.2 Å². The average Bonchev–Trinajstić information content (AvgIpc) is 2.71. The van der Waals surface area contributed by atoms with Gasteiger partial charge in [0, 0.05) is 6.54 Å². The van der Waals surface area contributed by atoms with Crippen molar-refractivity contribution in [1.82, 2.24) is 9.96 Å². The van der Waals surface area contributed by atoms with Crippen molar-refractivity contribution >= 4 is 26.3 Å². The van der Waals surface area contributed by atoms with E-state index in [4.69, 9.17) is 0 Å². The zero-order valence-corrected chi connectivity index (χ0v) is 13.4. The molecule has 2 bridgehead atoms. The van der Waals surface area contributed by atoms with E-state index in [0.717, 1.165) is 4.90 Å². The molecule has 2 amide bonds. The van der Waals surface area contributed by atoms with E-state index in [9.17, 15) is 26.2 Å². The van der Waals surface area contributed by atoms with Gasteiger partial charge in [-0.3, -0.25) is 0 Å². The maximum atomic E-state index is 12.7. The number of hydroxylamine groups is 2. The van der Waals surface area contributed by atoms with Crippen LogP contribution in [0.25, 0.3) is 0 Å². The summed E-state index contributed by atoms with van der Waals surface area (Å²) < 4.78 is 61.7. The summed E-state index contributed by atoms with van der Waals surface area (Å²) in [5.41, 5.74) is 0. The number of rotatable bonds is 4. The third kappa shape index (κ3) is 2.92. The second-order valence-corrected chi connectivity index (χ2v) is 8.36. The second kappa shape index (κ2) is 5.44. The lowest BCUT2D eigenvalue weighted by molar-refractivity contribution is -0.0327. The molecule has 2 heterocycles. The summed E-state index contributed by atoms with van der Waals surface area (Å²) in [6.45, 7) is -0.00885. The fourth-order valence-corrected chi connectivity index (χ4v) is 5.07. The van der Waals surface area contributed by atoms with E-state index >= 15 is 0 Å². The van der Waals surface area contributed by atoms with Crippen molar-refractivity contribution in [2.75, 3.05) is 6.54 Å². The quantitative estimate of drug-likeness (QED) is 0.549. The van der Waals surface area contributed by atoms with Crippen LogP contribution in [0.2, 0.25) is 0 Å². The second-order valence-electron chi connectivity index (χ2n) is 5.29. The fourth-order valence-electron chi connectivity index (χ4n) is 2.88. The molecule has 9 nitrogen and oxygen atoms in total. The number of carbonyl (C=O) groups excluding carboxylic acids is 1. The van der Waals surface area contributed by atoms with E-state index in [-0.39, 0.29) is 24.3 Å². The highest BCUT2D eigenvalue weighted by molar-refractivity contribution is 7.92. The molecule has 2 fully saturated rings. The van der Waals surface area contributed by atoms with Crippen molar-refractivity contribution in [3.05, 3.63) is 30.3 Å². The van der Waals surface area contributed by atoms with Gasteiger partial charge in [-0.1, -0.05) is 18.2 Å². The van der Waals surface area contributed by atoms with Crippen LogP contribution in [0.15, 0.2) is 35.2 Å². The Balaban J connectivity index is 1.90. The van der Waals surface area contributed by atoms with E-state index in [1.165, 1.54) is 12.1 Å². The third-order valence-electron chi connectivity index (χ3n) is 3.87. The van der Waals surface area contributed by atoms with Crippen LogP contribution >= 0.6 is 0 Å². The first-order valence-electron chi connectivity index (χ1n) is 6.74. The number of urea groups is 1. The minimum absolute atomic E-state index is 0.00885. The highest BCUT2D eigenvalue weighted by Gasteiger charge is 2.50. The van der Waals surface area contributed by atoms with Crippen molar-refractivity contribution in [3.63, 3.8) is 0 Å². The zero-order valence-electron chi connectivity index (χ0n) is 11.7. The third-order valence-corrected chi connectivity index (χ3v) is 6.35. The molecule has 1 aromatic carbocycles. The Morgan fingerprint density at radius 1 is 1.09 bits per heavy atom. The molecule has 3 rings (SSSR count). The molecule has 1 aromatic rings. The molecule has 2 aliphatic rings. The molecule has 2 aliphatic heterocycles. The van der Waals surface area contributed by atoms with Crippen LogP contribution in [-0.2, 0) is 24.5 Å². The molecule has 126 valence electrons. The van der Waals surface area contributed by atoms with Crippen molar-refractivity contribution in [2.24, 2.45) is 0 Å². The number of carbonyl (C=O) groups is 1. The van der Waals surface area contributed by atoms with E-state index in [0.29, 0.717) is 5.06 Å². The molecule has 0 saturated carbocycles. The molecule has 0 spiro atoms. The average molecular weight is 361 g/mol. The molecule has 0 radical (unpaired) electrons. The summed E-state index contributed by atoms with van der Waals surface area (Å²) in [6.07, 6.45) is 0.348. The van der Waals surface area contributed by atoms with Gasteiger partial charge in [0.15, 0.2) is 9.84 Å². The Labute approximate surface area is 133 Å². The SMILES string of the molecule is O=C1N2C[C@@H](CC[C@H]2S(=O)(=O)c2ccccc2)N1OS(=O)(=O)[O-]. The van der Waals surface area contributed by atoms with E-state index in [1.807, 2.05) is 0 Å². The monoisotopic (exact) mass is 361 g/mol. The number of sulfone groups is 1. The molecule has 0 N–H and O–H groups in total. The Bertz CT molecular complexity index is 822. The van der Waals surface area contributed by atoms with Crippen molar-refractivity contribution in [3.8, 4) is 0 Å². The van der Waals surface area contributed by atoms with Gasteiger partial charge in [0.1, 0.15) is 5.37 Å². The summed E-state index contributed by atoms with van der Waals surface area (Å²) in [7, 11) is -8.91. The van der Waals surface area contributed by atoms with Crippen LogP contribution in [0.5, 0.6) is 0 Å². The Kier molecular flexibility index (Phi) is 3.83. The molecule has 2 saturated heterocycles. The summed E-state index contributed by atoms with van der Waals surface area (Å²) >= 11 is 0. The molecule has 11 heteroatoms. The minimum Gasteiger partial charge on any atom is -0.724 e. The van der Waals surface area contributed by atoms with Crippen LogP contribution < -0.4 is 0 Å². The smallest absolute Gasteiger partial charge is 0.346 e. The van der Waals surface area contributed by atoms with Crippen LogP contribution in [0.3, 0.4) is 0 Å². The zero-order chi connectivity index (χ0) is 16.8. The maximum Gasteiger partial charge on any atom is 0.346 e. The molecule has 23 heavy (non-hydrogen) atoms. The molecular weight excluding hydrogens is 348 g/mol. The lowest BCUT2D eigenvalue weighted by atomic mass is 10.1. The lowest BCUT2D eigenvalue weighted by Gasteiger charge is -2.29. The molecule has 0 aliphatic carbocycles. The maximum absolute atomic E-state index is 12.7. The summed E-state index contributed by atoms with van der Waals surface area (Å²) in [5.74, 6) is 0. The van der Waals surface area contributed by atoms with Crippen LogP contribution in [0, 0.1) is 0 Å². The Hall–Kier alpha value is -1.69.